The fourth-order valence-electron chi connectivity index (χ4n) is 1.06. The molecule has 0 fully saturated rings. The normalized spacial score (nSPS) is 43.7. The highest BCUT2D eigenvalue weighted by Gasteiger charge is 2.19. The predicted molar refractivity (Wildman–Crippen MR) is 67.6 cm³/mol. The van der Waals surface area contributed by atoms with Gasteiger partial charge in [-0.3, -0.25) is 4.99 Å². The number of aliphatic imine (C=N–C) groups is 1. The van der Waals surface area contributed by atoms with E-state index in [1.165, 1.54) is 0 Å². The maximum atomic E-state index is 4.29. The second-order valence-electron chi connectivity index (χ2n) is 3.94. The van der Waals surface area contributed by atoms with Crippen LogP contribution in [0.3, 0.4) is 0 Å². The van der Waals surface area contributed by atoms with Gasteiger partial charge in [-0.25, -0.2) is 0 Å². The van der Waals surface area contributed by atoms with Crippen molar-refractivity contribution in [1.29, 1.82) is 0 Å². The SMILES string of the molecule is CCC1(C)C=N/C=C\C(C)(I)/C=C\1. The van der Waals surface area contributed by atoms with Crippen LogP contribution in [0.2, 0.25) is 0 Å². The lowest BCUT2D eigenvalue weighted by atomic mass is 9.87. The molecule has 13 heavy (non-hydrogen) atoms. The molecule has 1 rings (SSSR count). The molecule has 0 aromatic heterocycles. The van der Waals surface area contributed by atoms with Crippen molar-refractivity contribution in [2.24, 2.45) is 10.4 Å². The molecule has 1 heterocycles. The zero-order valence-corrected chi connectivity index (χ0v) is 10.6. The molecule has 0 aromatic carbocycles. The topological polar surface area (TPSA) is 12.4 Å². The molecule has 0 aromatic rings. The van der Waals surface area contributed by atoms with E-state index in [2.05, 4.69) is 66.6 Å². The Labute approximate surface area is 94.2 Å². The van der Waals surface area contributed by atoms with Crippen molar-refractivity contribution in [3.8, 4) is 0 Å². The molecule has 0 saturated carbocycles. The van der Waals surface area contributed by atoms with Gasteiger partial charge in [0.25, 0.3) is 0 Å². The first-order chi connectivity index (χ1) is 5.97. The van der Waals surface area contributed by atoms with Crippen LogP contribution < -0.4 is 0 Å². The first-order valence-corrected chi connectivity index (χ1v) is 5.67. The third-order valence-electron chi connectivity index (χ3n) is 2.41. The van der Waals surface area contributed by atoms with Crippen molar-refractivity contribution >= 4 is 28.8 Å². The van der Waals surface area contributed by atoms with Crippen LogP contribution in [0.15, 0.2) is 29.4 Å². The van der Waals surface area contributed by atoms with Crippen molar-refractivity contribution in [3.63, 3.8) is 0 Å². The maximum Gasteiger partial charge on any atom is 0.0570 e. The number of alkyl halides is 1. The summed E-state index contributed by atoms with van der Waals surface area (Å²) in [6, 6.07) is 0. The molecule has 1 aliphatic rings. The van der Waals surface area contributed by atoms with Crippen LogP contribution in [0.25, 0.3) is 0 Å². The monoisotopic (exact) mass is 289 g/mol. The van der Waals surface area contributed by atoms with E-state index in [0.717, 1.165) is 6.42 Å². The number of hydrogen-bond donors (Lipinski definition) is 0. The minimum Gasteiger partial charge on any atom is -0.268 e. The molecule has 0 radical (unpaired) electrons. The van der Waals surface area contributed by atoms with E-state index in [1.54, 1.807) is 0 Å². The summed E-state index contributed by atoms with van der Waals surface area (Å²) in [4.78, 5) is 4.29. The largest absolute Gasteiger partial charge is 0.268 e. The van der Waals surface area contributed by atoms with E-state index in [4.69, 9.17) is 0 Å². The predicted octanol–water partition coefficient (Wildman–Crippen LogP) is 3.75. The van der Waals surface area contributed by atoms with E-state index in [-0.39, 0.29) is 8.84 Å². The van der Waals surface area contributed by atoms with Crippen molar-refractivity contribution in [1.82, 2.24) is 0 Å². The molecule has 0 amide bonds. The highest BCUT2D eigenvalue weighted by molar-refractivity contribution is 14.1. The first kappa shape index (κ1) is 11.0. The number of hydrogen-bond acceptors (Lipinski definition) is 1. The van der Waals surface area contributed by atoms with Gasteiger partial charge in [0.2, 0.25) is 0 Å². The summed E-state index contributed by atoms with van der Waals surface area (Å²) in [5.74, 6) is 0. The Morgan fingerprint density at radius 3 is 2.54 bits per heavy atom. The molecule has 0 bridgehead atoms. The van der Waals surface area contributed by atoms with Gasteiger partial charge in [-0.1, -0.05) is 48.6 Å². The molecule has 1 aliphatic heterocycles. The second-order valence-corrected chi connectivity index (χ2v) is 6.26. The molecule has 72 valence electrons. The Hall–Kier alpha value is -0.120. The molecular weight excluding hydrogens is 273 g/mol. The van der Waals surface area contributed by atoms with Gasteiger partial charge >= 0.3 is 0 Å². The minimum absolute atomic E-state index is 0.103. The summed E-state index contributed by atoms with van der Waals surface area (Å²) < 4.78 is 0.103. The van der Waals surface area contributed by atoms with E-state index < -0.39 is 0 Å². The van der Waals surface area contributed by atoms with Crippen LogP contribution in [0.5, 0.6) is 0 Å². The van der Waals surface area contributed by atoms with E-state index >= 15 is 0 Å². The van der Waals surface area contributed by atoms with Gasteiger partial charge in [0.15, 0.2) is 0 Å². The van der Waals surface area contributed by atoms with Crippen molar-refractivity contribution < 1.29 is 0 Å². The zero-order valence-electron chi connectivity index (χ0n) is 8.42. The van der Waals surface area contributed by atoms with E-state index in [0.29, 0.717) is 0 Å². The van der Waals surface area contributed by atoms with Gasteiger partial charge in [-0.2, -0.15) is 0 Å². The van der Waals surface area contributed by atoms with Crippen molar-refractivity contribution in [2.45, 2.75) is 30.6 Å². The molecule has 2 unspecified atom stereocenters. The number of allylic oxidation sites excluding steroid dienone is 3. The molecule has 0 N–H and O–H groups in total. The molecule has 1 nitrogen and oxygen atoms in total. The molecular formula is C11H16IN. The third-order valence-corrected chi connectivity index (χ3v) is 3.13. The van der Waals surface area contributed by atoms with Gasteiger partial charge in [-0.15, -0.1) is 0 Å². The van der Waals surface area contributed by atoms with Gasteiger partial charge in [-0.05, 0) is 19.4 Å². The van der Waals surface area contributed by atoms with Gasteiger partial charge in [0, 0.05) is 17.8 Å². The first-order valence-electron chi connectivity index (χ1n) is 4.59. The fraction of sp³-hybridized carbons (Fsp3) is 0.545. The van der Waals surface area contributed by atoms with Gasteiger partial charge in [0.05, 0.1) is 3.42 Å². The molecule has 0 saturated heterocycles. The average Bonchev–Trinajstić information content (AvgIpc) is 2.08. The summed E-state index contributed by atoms with van der Waals surface area (Å²) in [6.07, 6.45) is 11.6. The Morgan fingerprint density at radius 2 is 1.92 bits per heavy atom. The highest BCUT2D eigenvalue weighted by atomic mass is 127. The Morgan fingerprint density at radius 1 is 1.23 bits per heavy atom. The molecule has 0 spiro atoms. The lowest BCUT2D eigenvalue weighted by Crippen LogP contribution is -2.17. The lowest BCUT2D eigenvalue weighted by Gasteiger charge is -2.22. The van der Waals surface area contributed by atoms with Crippen LogP contribution in [-0.2, 0) is 0 Å². The maximum absolute atomic E-state index is 4.29. The van der Waals surface area contributed by atoms with Crippen LogP contribution in [-0.4, -0.2) is 9.64 Å². The minimum atomic E-state index is 0.103. The standard InChI is InChI=1S/C11H16IN/c1-4-10(2)5-6-11(3,12)7-8-13-9-10/h5-9H,4H2,1-3H3/b6-5-,8-7-,13-9?. The van der Waals surface area contributed by atoms with Crippen molar-refractivity contribution in [2.75, 3.05) is 0 Å². The Bertz CT molecular complexity index is 263. The summed E-state index contributed by atoms with van der Waals surface area (Å²) in [5.41, 5.74) is 0.122. The molecule has 2 atom stereocenters. The number of rotatable bonds is 1. The summed E-state index contributed by atoms with van der Waals surface area (Å²) >= 11 is 2.42. The average molecular weight is 289 g/mol. The second kappa shape index (κ2) is 3.95. The summed E-state index contributed by atoms with van der Waals surface area (Å²) in [7, 11) is 0. The van der Waals surface area contributed by atoms with Crippen LogP contribution in [0.1, 0.15) is 27.2 Å². The quantitative estimate of drug-likeness (QED) is 0.396. The number of nitrogens with zero attached hydrogens (tertiary/aromatic N) is 1. The van der Waals surface area contributed by atoms with Crippen LogP contribution >= 0.6 is 22.6 Å². The lowest BCUT2D eigenvalue weighted by molar-refractivity contribution is 0.582. The fourth-order valence-corrected chi connectivity index (χ4v) is 1.40. The summed E-state index contributed by atoms with van der Waals surface area (Å²) in [6.45, 7) is 6.57. The molecule has 0 aliphatic carbocycles. The zero-order chi connectivity index (χ0) is 9.95. The van der Waals surface area contributed by atoms with Gasteiger partial charge in [0.1, 0.15) is 0 Å². The van der Waals surface area contributed by atoms with Gasteiger partial charge < -0.3 is 0 Å². The van der Waals surface area contributed by atoms with E-state index in [9.17, 15) is 0 Å². The highest BCUT2D eigenvalue weighted by Crippen LogP contribution is 2.28. The summed E-state index contributed by atoms with van der Waals surface area (Å²) in [5, 5.41) is 0. The van der Waals surface area contributed by atoms with Crippen molar-refractivity contribution in [3.05, 3.63) is 24.4 Å². The smallest absolute Gasteiger partial charge is 0.0570 e. The van der Waals surface area contributed by atoms with Crippen LogP contribution in [0.4, 0.5) is 0 Å². The third kappa shape index (κ3) is 3.25. The van der Waals surface area contributed by atoms with Crippen LogP contribution in [0, 0.1) is 5.41 Å². The number of halogens is 1. The van der Waals surface area contributed by atoms with E-state index in [1.807, 2.05) is 12.4 Å². The molecule has 2 heteroatoms. The Kier molecular flexibility index (Phi) is 3.33. The Balaban J connectivity index is 2.98.